The van der Waals surface area contributed by atoms with E-state index in [0.717, 1.165) is 16.4 Å². The molecule has 1 heterocycles. The van der Waals surface area contributed by atoms with Crippen molar-refractivity contribution >= 4 is 44.5 Å². The van der Waals surface area contributed by atoms with E-state index in [1.807, 2.05) is 0 Å². The number of phenols is 1. The molecule has 4 aromatic carbocycles. The van der Waals surface area contributed by atoms with Gasteiger partial charge < -0.3 is 30.4 Å². The molecule has 1 aliphatic heterocycles. The van der Waals surface area contributed by atoms with Crippen molar-refractivity contribution in [2.75, 3.05) is 23.9 Å². The number of hydrogen-bond donors (Lipinski definition) is 5. The number of carboxylic acids is 1. The highest BCUT2D eigenvalue weighted by Crippen LogP contribution is 2.50. The van der Waals surface area contributed by atoms with Gasteiger partial charge in [0.25, 0.3) is 21.5 Å². The number of nitrogens with zero attached hydrogens (tertiary/aromatic N) is 1. The zero-order valence-electron chi connectivity index (χ0n) is 33.9. The number of phenolic OH excluding ortho intramolecular Hbond substituents is 1. The average Bonchev–Trinajstić information content (AvgIpc) is 3.25. The van der Waals surface area contributed by atoms with Crippen molar-refractivity contribution in [3.63, 3.8) is 0 Å². The van der Waals surface area contributed by atoms with Gasteiger partial charge in [0.1, 0.15) is 17.1 Å². The molecule has 5 N–H and O–H groups in total. The number of aromatic carboxylic acids is 1. The van der Waals surface area contributed by atoms with Gasteiger partial charge in [0.15, 0.2) is 5.43 Å². The Labute approximate surface area is 366 Å². The van der Waals surface area contributed by atoms with E-state index < -0.39 is 51.3 Å². The van der Waals surface area contributed by atoms with Crippen LogP contribution in [0.5, 0.6) is 5.75 Å². The van der Waals surface area contributed by atoms with Crippen LogP contribution in [0, 0.1) is 0 Å². The Kier molecular flexibility index (Phi) is 13.9. The summed E-state index contributed by atoms with van der Waals surface area (Å²) in [7, 11) is -4.40. The fraction of sp³-hybridized carbons (Fsp3) is 0.244. The third-order valence-electron chi connectivity index (χ3n) is 10.4. The number of fused-ring (bicyclic) bond motifs is 2. The van der Waals surface area contributed by atoms with Crippen molar-refractivity contribution in [2.45, 2.75) is 55.0 Å². The second-order valence-electron chi connectivity index (χ2n) is 14.8. The number of halogens is 6. The van der Waals surface area contributed by atoms with E-state index in [4.69, 9.17) is 4.42 Å². The Hall–Kier alpha value is -6.93. The molecule has 20 heteroatoms. The zero-order chi connectivity index (χ0) is 47.3. The minimum atomic E-state index is -6.14. The van der Waals surface area contributed by atoms with E-state index in [0.29, 0.717) is 47.9 Å². The Bertz CT molecular complexity index is 2840. The molecule has 0 atom stereocenters. The lowest BCUT2D eigenvalue weighted by Crippen LogP contribution is -2.53. The summed E-state index contributed by atoms with van der Waals surface area (Å²) in [4.78, 5) is 50.1. The number of aromatic hydroxyl groups is 1. The molecular weight excluding hydrogens is 889 g/mol. The summed E-state index contributed by atoms with van der Waals surface area (Å²) in [6, 6.07) is 21.5. The lowest BCUT2D eigenvalue weighted by molar-refractivity contribution is -0.376. The average molecular weight is 928 g/mol. The van der Waals surface area contributed by atoms with Crippen LogP contribution in [-0.4, -0.2) is 73.5 Å². The Morgan fingerprint density at radius 2 is 1.38 bits per heavy atom. The molecule has 0 unspecified atom stereocenters. The van der Waals surface area contributed by atoms with Gasteiger partial charge in [0, 0.05) is 65.8 Å². The third kappa shape index (κ3) is 10.2. The maximum Gasteiger partial charge on any atom is 0.430 e. The number of sulfonamides is 1. The van der Waals surface area contributed by atoms with Crippen LogP contribution in [0.4, 0.5) is 32.0 Å². The van der Waals surface area contributed by atoms with Crippen LogP contribution in [0.2, 0.25) is 0 Å². The Morgan fingerprint density at radius 1 is 0.723 bits per heavy atom. The van der Waals surface area contributed by atoms with Crippen LogP contribution >= 0.6 is 0 Å². The van der Waals surface area contributed by atoms with Crippen LogP contribution in [0.1, 0.15) is 58.4 Å². The van der Waals surface area contributed by atoms with Crippen LogP contribution in [0.25, 0.3) is 33.4 Å². The first kappa shape index (κ1) is 47.5. The van der Waals surface area contributed by atoms with Gasteiger partial charge in [0.2, 0.25) is 5.91 Å². The van der Waals surface area contributed by atoms with Crippen molar-refractivity contribution in [2.24, 2.45) is 0 Å². The molecule has 2 aliphatic rings. The SMILES string of the molecule is O=C(CCCCCNC(=O)c1ccc(-c2c3ccc(=O)cc-3oc3cc(O)ccc23)c(C(=O)O)c1)NCCCN(c1ccc(C(O)(C(F)(F)F)C(F)(F)F)cc1)S(=O)(=O)c1ccccc1. The highest BCUT2D eigenvalue weighted by Gasteiger charge is 2.71. The predicted octanol–water partition coefficient (Wildman–Crippen LogP) is 7.97. The number of anilines is 1. The number of aliphatic hydroxyl groups is 1. The van der Waals surface area contributed by atoms with Crippen LogP contribution in [-0.2, 0) is 20.4 Å². The van der Waals surface area contributed by atoms with E-state index in [1.165, 1.54) is 78.9 Å². The molecule has 0 bridgehead atoms. The summed E-state index contributed by atoms with van der Waals surface area (Å²) < 4.78 is 114. The Morgan fingerprint density at radius 3 is 2.05 bits per heavy atom. The first-order chi connectivity index (χ1) is 30.6. The summed E-state index contributed by atoms with van der Waals surface area (Å²) in [5, 5.41) is 35.8. The van der Waals surface area contributed by atoms with E-state index >= 15 is 0 Å². The summed E-state index contributed by atoms with van der Waals surface area (Å²) in [6.07, 6.45) is -10.9. The molecule has 6 rings (SSSR count). The van der Waals surface area contributed by atoms with Crippen LogP contribution in [0.15, 0.2) is 123 Å². The first-order valence-electron chi connectivity index (χ1n) is 19.8. The van der Waals surface area contributed by atoms with Crippen molar-refractivity contribution in [1.29, 1.82) is 0 Å². The third-order valence-corrected chi connectivity index (χ3v) is 12.3. The number of hydrogen-bond acceptors (Lipinski definition) is 9. The molecule has 0 saturated carbocycles. The fourth-order valence-corrected chi connectivity index (χ4v) is 8.65. The summed E-state index contributed by atoms with van der Waals surface area (Å²) in [6.45, 7) is -0.218. The monoisotopic (exact) mass is 927 g/mol. The van der Waals surface area contributed by atoms with Crippen molar-refractivity contribution in [1.82, 2.24) is 10.6 Å². The van der Waals surface area contributed by atoms with E-state index in [2.05, 4.69) is 10.6 Å². The maximum absolute atomic E-state index is 13.6. The molecule has 0 saturated heterocycles. The minimum Gasteiger partial charge on any atom is -0.508 e. The fourth-order valence-electron chi connectivity index (χ4n) is 7.12. The van der Waals surface area contributed by atoms with E-state index in [1.54, 1.807) is 6.07 Å². The number of nitrogens with one attached hydrogen (secondary N) is 2. The Balaban J connectivity index is 1.02. The molecule has 0 radical (unpaired) electrons. The molecule has 0 fully saturated rings. The van der Waals surface area contributed by atoms with Crippen molar-refractivity contribution in [3.8, 4) is 28.2 Å². The van der Waals surface area contributed by atoms with E-state index in [9.17, 15) is 69.3 Å². The summed E-state index contributed by atoms with van der Waals surface area (Å²) in [5.41, 5.74) is -6.28. The lowest BCUT2D eigenvalue weighted by Gasteiger charge is -2.33. The quantitative estimate of drug-likeness (QED) is 0.0339. The molecule has 2 amide bonds. The number of amides is 2. The number of carbonyl (C=O) groups is 3. The van der Waals surface area contributed by atoms with Gasteiger partial charge in [-0.15, -0.1) is 0 Å². The highest BCUT2D eigenvalue weighted by molar-refractivity contribution is 7.92. The van der Waals surface area contributed by atoms with Crippen LogP contribution < -0.4 is 20.4 Å². The van der Waals surface area contributed by atoms with Crippen molar-refractivity contribution < 1.29 is 68.9 Å². The molecule has 0 spiro atoms. The number of carbonyl (C=O) groups excluding carboxylic acids is 2. The molecule has 4 aromatic rings. The van der Waals surface area contributed by atoms with E-state index in [-0.39, 0.29) is 82.3 Å². The number of unbranched alkanes of at least 4 members (excludes halogenated alkanes) is 2. The van der Waals surface area contributed by atoms with Gasteiger partial charge >= 0.3 is 18.3 Å². The van der Waals surface area contributed by atoms with Gasteiger partial charge in [-0.3, -0.25) is 18.7 Å². The molecule has 65 heavy (non-hydrogen) atoms. The van der Waals surface area contributed by atoms with Gasteiger partial charge in [-0.25, -0.2) is 13.2 Å². The van der Waals surface area contributed by atoms with Gasteiger partial charge in [-0.05, 0) is 85.5 Å². The number of benzene rings is 5. The lowest BCUT2D eigenvalue weighted by atomic mass is 9.90. The minimum absolute atomic E-state index is 0.0215. The highest BCUT2D eigenvalue weighted by atomic mass is 32.2. The zero-order valence-corrected chi connectivity index (χ0v) is 34.7. The van der Waals surface area contributed by atoms with Gasteiger partial charge in [0.05, 0.1) is 16.1 Å². The maximum atomic E-state index is 13.6. The smallest absolute Gasteiger partial charge is 0.430 e. The molecule has 0 aromatic heterocycles. The summed E-state index contributed by atoms with van der Waals surface area (Å²) in [5.74, 6) is -2.22. The predicted molar refractivity (Wildman–Crippen MR) is 225 cm³/mol. The molecular formula is C45H39F6N3O10S. The number of rotatable bonds is 17. The second kappa shape index (κ2) is 19.0. The normalized spacial score (nSPS) is 12.3. The largest absolute Gasteiger partial charge is 0.508 e. The summed E-state index contributed by atoms with van der Waals surface area (Å²) >= 11 is 0. The molecule has 342 valence electrons. The van der Waals surface area contributed by atoms with Crippen molar-refractivity contribution in [3.05, 3.63) is 136 Å². The van der Waals surface area contributed by atoms with Gasteiger partial charge in [-0.2, -0.15) is 26.3 Å². The first-order valence-corrected chi connectivity index (χ1v) is 21.2. The molecule has 1 aliphatic carbocycles. The number of carboxylic acid groups (broad SMARTS) is 1. The number of alkyl halides is 6. The topological polar surface area (TPSA) is 204 Å². The standard InChI is InChI=1S/C45H39F6N3O10S/c46-44(47,48)43(61,45(49,50)51)28-12-14-29(15-13-28)54(65(62,63)32-8-3-1-4-9-32)23-7-22-52-39(57)10-5-2-6-21-53-41(58)27-11-18-33(36(24-27)42(59)60)40-34-19-16-30(55)25-37(34)64-38-26-31(56)17-20-35(38)40/h1,3-4,8-9,11-20,24-26,55,61H,2,5-7,10,21-23H2,(H,52,57)(H,53,58)(H,59,60). The molecule has 13 nitrogen and oxygen atoms in total. The van der Waals surface area contributed by atoms with Crippen LogP contribution in [0.3, 0.4) is 0 Å². The second-order valence-corrected chi connectivity index (χ2v) is 16.7. The van der Waals surface area contributed by atoms with Gasteiger partial charge in [-0.1, -0.05) is 42.8 Å².